The Balaban J connectivity index is 3.81. The van der Waals surface area contributed by atoms with Gasteiger partial charge in [-0.2, -0.15) is 0 Å². The molecule has 1 N–H and O–H groups in total. The first kappa shape index (κ1) is 16.9. The fourth-order valence-corrected chi connectivity index (χ4v) is 1.93. The lowest BCUT2D eigenvalue weighted by Gasteiger charge is -2.31. The van der Waals surface area contributed by atoms with Crippen molar-refractivity contribution < 1.29 is 9.47 Å². The van der Waals surface area contributed by atoms with Crippen molar-refractivity contribution in [3.05, 3.63) is 0 Å². The molecule has 0 amide bonds. The van der Waals surface area contributed by atoms with Gasteiger partial charge >= 0.3 is 0 Å². The van der Waals surface area contributed by atoms with E-state index >= 15 is 0 Å². The standard InChI is InChI=1S/C14H31NO2/c1-14(2,3)13(8-6-7-10-16-4)12-15-9-11-17-5/h13,15H,6-12H2,1-5H3. The van der Waals surface area contributed by atoms with Crippen LogP contribution in [0.4, 0.5) is 0 Å². The maximum atomic E-state index is 5.09. The smallest absolute Gasteiger partial charge is 0.0587 e. The first-order chi connectivity index (χ1) is 8.02. The van der Waals surface area contributed by atoms with Crippen molar-refractivity contribution in [3.63, 3.8) is 0 Å². The molecule has 3 heteroatoms. The Labute approximate surface area is 107 Å². The molecular weight excluding hydrogens is 214 g/mol. The lowest BCUT2D eigenvalue weighted by Crippen LogP contribution is -2.33. The second kappa shape index (κ2) is 9.86. The first-order valence-electron chi connectivity index (χ1n) is 6.71. The number of hydrogen-bond donors (Lipinski definition) is 1. The van der Waals surface area contributed by atoms with Gasteiger partial charge in [0.15, 0.2) is 0 Å². The van der Waals surface area contributed by atoms with Crippen molar-refractivity contribution in [2.24, 2.45) is 11.3 Å². The van der Waals surface area contributed by atoms with Gasteiger partial charge < -0.3 is 14.8 Å². The highest BCUT2D eigenvalue weighted by atomic mass is 16.5. The SMILES string of the molecule is COCCCCC(CNCCOC)C(C)(C)C. The van der Waals surface area contributed by atoms with Crippen LogP contribution in [0, 0.1) is 11.3 Å². The summed E-state index contributed by atoms with van der Waals surface area (Å²) >= 11 is 0. The molecule has 104 valence electrons. The second-order valence-corrected chi connectivity index (χ2v) is 5.75. The fraction of sp³-hybridized carbons (Fsp3) is 1.00. The highest BCUT2D eigenvalue weighted by molar-refractivity contribution is 4.76. The molecule has 17 heavy (non-hydrogen) atoms. The van der Waals surface area contributed by atoms with E-state index in [2.05, 4.69) is 26.1 Å². The quantitative estimate of drug-likeness (QED) is 0.600. The summed E-state index contributed by atoms with van der Waals surface area (Å²) < 4.78 is 10.1. The van der Waals surface area contributed by atoms with E-state index in [-0.39, 0.29) is 0 Å². The molecule has 0 bridgehead atoms. The third-order valence-corrected chi connectivity index (χ3v) is 3.25. The minimum atomic E-state index is 0.368. The van der Waals surface area contributed by atoms with Gasteiger partial charge in [0.2, 0.25) is 0 Å². The normalized spacial score (nSPS) is 13.9. The maximum absolute atomic E-state index is 5.09. The summed E-state index contributed by atoms with van der Waals surface area (Å²) in [4.78, 5) is 0. The van der Waals surface area contributed by atoms with Crippen molar-refractivity contribution in [1.29, 1.82) is 0 Å². The Hall–Kier alpha value is -0.120. The molecule has 0 aromatic carbocycles. The molecule has 0 saturated carbocycles. The van der Waals surface area contributed by atoms with E-state index in [4.69, 9.17) is 9.47 Å². The van der Waals surface area contributed by atoms with Gasteiger partial charge in [-0.25, -0.2) is 0 Å². The zero-order chi connectivity index (χ0) is 13.1. The van der Waals surface area contributed by atoms with Crippen LogP contribution in [0.1, 0.15) is 40.0 Å². The predicted molar refractivity (Wildman–Crippen MR) is 73.4 cm³/mol. The molecule has 1 atom stereocenters. The van der Waals surface area contributed by atoms with Crippen molar-refractivity contribution in [2.45, 2.75) is 40.0 Å². The number of rotatable bonds is 10. The summed E-state index contributed by atoms with van der Waals surface area (Å²) in [6.45, 7) is 10.7. The van der Waals surface area contributed by atoms with E-state index in [9.17, 15) is 0 Å². The van der Waals surface area contributed by atoms with E-state index < -0.39 is 0 Å². The molecule has 0 heterocycles. The van der Waals surface area contributed by atoms with Gasteiger partial charge in [-0.05, 0) is 30.7 Å². The zero-order valence-electron chi connectivity index (χ0n) is 12.3. The van der Waals surface area contributed by atoms with E-state index in [1.54, 1.807) is 14.2 Å². The number of ether oxygens (including phenoxy) is 2. The van der Waals surface area contributed by atoms with Crippen LogP contribution in [0.5, 0.6) is 0 Å². The minimum absolute atomic E-state index is 0.368. The van der Waals surface area contributed by atoms with Crippen LogP contribution in [-0.2, 0) is 9.47 Å². The Bertz CT molecular complexity index is 154. The summed E-state index contributed by atoms with van der Waals surface area (Å²) in [7, 11) is 3.52. The minimum Gasteiger partial charge on any atom is -0.385 e. The monoisotopic (exact) mass is 245 g/mol. The second-order valence-electron chi connectivity index (χ2n) is 5.75. The first-order valence-corrected chi connectivity index (χ1v) is 6.71. The number of methoxy groups -OCH3 is 2. The molecule has 0 rings (SSSR count). The van der Waals surface area contributed by atoms with Gasteiger partial charge in [-0.3, -0.25) is 0 Å². The number of hydrogen-bond acceptors (Lipinski definition) is 3. The molecular formula is C14H31NO2. The van der Waals surface area contributed by atoms with Crippen molar-refractivity contribution in [1.82, 2.24) is 5.32 Å². The van der Waals surface area contributed by atoms with Gasteiger partial charge in [0, 0.05) is 27.4 Å². The maximum Gasteiger partial charge on any atom is 0.0587 e. The molecule has 0 radical (unpaired) electrons. The summed E-state index contributed by atoms with van der Waals surface area (Å²) in [5.41, 5.74) is 0.368. The molecule has 0 aliphatic rings. The third kappa shape index (κ3) is 9.57. The molecule has 0 saturated heterocycles. The van der Waals surface area contributed by atoms with Crippen molar-refractivity contribution in [2.75, 3.05) is 40.5 Å². The van der Waals surface area contributed by atoms with Crippen LogP contribution in [0.3, 0.4) is 0 Å². The molecule has 0 fully saturated rings. The molecule has 1 unspecified atom stereocenters. The van der Waals surface area contributed by atoms with Crippen LogP contribution in [0.2, 0.25) is 0 Å². The molecule has 0 aromatic heterocycles. The van der Waals surface area contributed by atoms with Gasteiger partial charge in [0.1, 0.15) is 0 Å². The van der Waals surface area contributed by atoms with Crippen LogP contribution >= 0.6 is 0 Å². The molecule has 0 aliphatic carbocycles. The van der Waals surface area contributed by atoms with Gasteiger partial charge in [0.05, 0.1) is 6.61 Å². The van der Waals surface area contributed by atoms with Gasteiger partial charge in [0.25, 0.3) is 0 Å². The summed E-state index contributed by atoms with van der Waals surface area (Å²) in [6.07, 6.45) is 3.69. The Morgan fingerprint density at radius 3 is 2.18 bits per heavy atom. The van der Waals surface area contributed by atoms with E-state index in [1.807, 2.05) is 0 Å². The van der Waals surface area contributed by atoms with Crippen molar-refractivity contribution >= 4 is 0 Å². The Kier molecular flexibility index (Phi) is 9.79. The summed E-state index contributed by atoms with van der Waals surface area (Å²) in [6, 6.07) is 0. The zero-order valence-corrected chi connectivity index (χ0v) is 12.3. The summed E-state index contributed by atoms with van der Waals surface area (Å²) in [5, 5.41) is 3.48. The Morgan fingerprint density at radius 2 is 1.65 bits per heavy atom. The van der Waals surface area contributed by atoms with E-state index in [1.165, 1.54) is 19.3 Å². The number of nitrogens with one attached hydrogen (secondary N) is 1. The van der Waals surface area contributed by atoms with Crippen LogP contribution in [0.15, 0.2) is 0 Å². The molecule has 3 nitrogen and oxygen atoms in total. The highest BCUT2D eigenvalue weighted by Crippen LogP contribution is 2.29. The van der Waals surface area contributed by atoms with Crippen LogP contribution in [0.25, 0.3) is 0 Å². The lowest BCUT2D eigenvalue weighted by atomic mass is 9.78. The molecule has 0 aliphatic heterocycles. The molecule has 0 aromatic rings. The van der Waals surface area contributed by atoms with Gasteiger partial charge in [-0.1, -0.05) is 27.2 Å². The fourth-order valence-electron chi connectivity index (χ4n) is 1.93. The van der Waals surface area contributed by atoms with E-state index in [0.717, 1.165) is 32.2 Å². The topological polar surface area (TPSA) is 30.5 Å². The van der Waals surface area contributed by atoms with Gasteiger partial charge in [-0.15, -0.1) is 0 Å². The van der Waals surface area contributed by atoms with Crippen LogP contribution in [-0.4, -0.2) is 40.5 Å². The Morgan fingerprint density at radius 1 is 1.00 bits per heavy atom. The molecule has 0 spiro atoms. The van der Waals surface area contributed by atoms with Crippen LogP contribution < -0.4 is 5.32 Å². The van der Waals surface area contributed by atoms with Crippen molar-refractivity contribution in [3.8, 4) is 0 Å². The lowest BCUT2D eigenvalue weighted by molar-refractivity contribution is 0.169. The number of unbranched alkanes of at least 4 members (excludes halogenated alkanes) is 1. The average Bonchev–Trinajstić information content (AvgIpc) is 2.25. The third-order valence-electron chi connectivity index (χ3n) is 3.25. The largest absolute Gasteiger partial charge is 0.385 e. The average molecular weight is 245 g/mol. The summed E-state index contributed by atoms with van der Waals surface area (Å²) in [5.74, 6) is 0.719. The predicted octanol–water partition coefficient (Wildman–Crippen LogP) is 2.70. The highest BCUT2D eigenvalue weighted by Gasteiger charge is 2.23. The van der Waals surface area contributed by atoms with E-state index in [0.29, 0.717) is 5.41 Å².